The molecule has 1 N–H and O–H groups in total. The summed E-state index contributed by atoms with van der Waals surface area (Å²) in [5, 5.41) is 0. The molecule has 0 radical (unpaired) electrons. The highest BCUT2D eigenvalue weighted by Gasteiger charge is 2.51. The second-order valence-corrected chi connectivity index (χ2v) is 5.98. The molecule has 1 saturated heterocycles. The average molecular weight is 265 g/mol. The van der Waals surface area contributed by atoms with Crippen molar-refractivity contribution in [2.45, 2.75) is 45.4 Å². The number of hydrogen-bond donors (Lipinski definition) is 2. The third kappa shape index (κ3) is 2.59. The molecular formula is C13H20BNO2S. The maximum atomic E-state index is 6.02. The van der Waals surface area contributed by atoms with E-state index in [4.69, 9.17) is 9.31 Å². The number of hydrogen-bond acceptors (Lipinski definition) is 4. The number of thiol groups is 1. The molecule has 0 amide bonds. The van der Waals surface area contributed by atoms with Gasteiger partial charge in [-0.1, -0.05) is 37.1 Å². The van der Waals surface area contributed by atoms with Gasteiger partial charge in [-0.2, -0.15) is 0 Å². The predicted molar refractivity (Wildman–Crippen MR) is 78.0 cm³/mol. The summed E-state index contributed by atoms with van der Waals surface area (Å²) in [5.41, 5.74) is 1.62. The minimum Gasteiger partial charge on any atom is -0.399 e. The van der Waals surface area contributed by atoms with E-state index < -0.39 is 0 Å². The molecule has 1 aliphatic heterocycles. The van der Waals surface area contributed by atoms with Crippen LogP contribution in [0.3, 0.4) is 0 Å². The molecule has 1 aromatic rings. The Morgan fingerprint density at radius 1 is 1.17 bits per heavy atom. The maximum absolute atomic E-state index is 6.02. The monoisotopic (exact) mass is 265 g/mol. The van der Waals surface area contributed by atoms with Crippen molar-refractivity contribution in [3.63, 3.8) is 0 Å². The Morgan fingerprint density at radius 3 is 2.33 bits per heavy atom. The van der Waals surface area contributed by atoms with Crippen molar-refractivity contribution < 1.29 is 9.31 Å². The standard InChI is InChI=1S/C13H20BNO2S/c1-12(2)13(3,4)17-14(16-12)11-7-5-6-10(8-11)9-15-18/h5-8,15,18H,9H2,1-4H3. The molecule has 0 saturated carbocycles. The third-order valence-corrected chi connectivity index (χ3v) is 3.92. The van der Waals surface area contributed by atoms with Crippen molar-refractivity contribution in [2.75, 3.05) is 0 Å². The lowest BCUT2D eigenvalue weighted by molar-refractivity contribution is 0.00578. The van der Waals surface area contributed by atoms with Crippen LogP contribution in [-0.2, 0) is 15.9 Å². The van der Waals surface area contributed by atoms with E-state index in [0.29, 0.717) is 0 Å². The zero-order chi connectivity index (χ0) is 13.4. The molecule has 1 aliphatic rings. The molecule has 0 bridgehead atoms. The Kier molecular flexibility index (Phi) is 3.79. The van der Waals surface area contributed by atoms with Crippen LogP contribution in [0.25, 0.3) is 0 Å². The van der Waals surface area contributed by atoms with Crippen molar-refractivity contribution in [3.05, 3.63) is 29.8 Å². The first-order valence-corrected chi connectivity index (χ1v) is 6.62. The molecule has 0 atom stereocenters. The number of benzene rings is 1. The summed E-state index contributed by atoms with van der Waals surface area (Å²) in [4.78, 5) is 0. The van der Waals surface area contributed by atoms with Gasteiger partial charge in [0.2, 0.25) is 0 Å². The molecule has 0 spiro atoms. The Bertz CT molecular complexity index is 421. The van der Waals surface area contributed by atoms with Crippen molar-refractivity contribution >= 4 is 25.4 Å². The van der Waals surface area contributed by atoms with Crippen LogP contribution in [0.15, 0.2) is 24.3 Å². The Hall–Kier alpha value is -0.485. The topological polar surface area (TPSA) is 30.5 Å². The van der Waals surface area contributed by atoms with Crippen molar-refractivity contribution in [1.29, 1.82) is 0 Å². The Labute approximate surface area is 115 Å². The molecule has 98 valence electrons. The Morgan fingerprint density at radius 2 is 1.78 bits per heavy atom. The molecular weight excluding hydrogens is 245 g/mol. The van der Waals surface area contributed by atoms with E-state index in [1.54, 1.807) is 0 Å². The summed E-state index contributed by atoms with van der Waals surface area (Å²) in [6.45, 7) is 8.97. The first-order valence-electron chi connectivity index (χ1n) is 6.17. The van der Waals surface area contributed by atoms with Gasteiger partial charge in [0, 0.05) is 6.54 Å². The number of rotatable bonds is 3. The second-order valence-electron chi connectivity index (χ2n) is 5.67. The van der Waals surface area contributed by atoms with Gasteiger partial charge in [-0.25, -0.2) is 0 Å². The van der Waals surface area contributed by atoms with Crippen LogP contribution in [0.2, 0.25) is 0 Å². The van der Waals surface area contributed by atoms with Gasteiger partial charge in [0.05, 0.1) is 11.2 Å². The Balaban J connectivity index is 2.21. The van der Waals surface area contributed by atoms with Crippen LogP contribution in [0.4, 0.5) is 0 Å². The lowest BCUT2D eigenvalue weighted by Gasteiger charge is -2.32. The van der Waals surface area contributed by atoms with Gasteiger partial charge < -0.3 is 9.31 Å². The molecule has 0 unspecified atom stereocenters. The highest BCUT2D eigenvalue weighted by molar-refractivity contribution is 7.78. The fourth-order valence-corrected chi connectivity index (χ4v) is 2.10. The van der Waals surface area contributed by atoms with Gasteiger partial charge >= 0.3 is 7.12 Å². The molecule has 3 nitrogen and oxygen atoms in total. The molecule has 2 rings (SSSR count). The van der Waals surface area contributed by atoms with E-state index >= 15 is 0 Å². The highest BCUT2D eigenvalue weighted by Crippen LogP contribution is 2.36. The molecule has 5 heteroatoms. The van der Waals surface area contributed by atoms with Gasteiger partial charge in [0.25, 0.3) is 0 Å². The van der Waals surface area contributed by atoms with Gasteiger partial charge in [0.15, 0.2) is 0 Å². The fraction of sp³-hybridized carbons (Fsp3) is 0.538. The van der Waals surface area contributed by atoms with E-state index in [1.807, 2.05) is 12.1 Å². The first kappa shape index (κ1) is 13.9. The van der Waals surface area contributed by atoms with Crippen LogP contribution in [-0.4, -0.2) is 18.3 Å². The largest absolute Gasteiger partial charge is 0.494 e. The fourth-order valence-electron chi connectivity index (χ4n) is 1.92. The minimum absolute atomic E-state index is 0.296. The van der Waals surface area contributed by atoms with Crippen LogP contribution in [0.1, 0.15) is 33.3 Å². The minimum atomic E-state index is -0.296. The summed E-state index contributed by atoms with van der Waals surface area (Å²) in [6, 6.07) is 8.19. The molecule has 1 heterocycles. The quantitative estimate of drug-likeness (QED) is 0.646. The SMILES string of the molecule is CC1(C)OB(c2cccc(CNS)c2)OC1(C)C. The smallest absolute Gasteiger partial charge is 0.399 e. The van der Waals surface area contributed by atoms with Gasteiger partial charge in [-0.05, 0) is 38.7 Å². The van der Waals surface area contributed by atoms with E-state index in [9.17, 15) is 0 Å². The summed E-state index contributed by atoms with van der Waals surface area (Å²) in [6.07, 6.45) is 0. The summed E-state index contributed by atoms with van der Waals surface area (Å²) in [5.74, 6) is 0. The van der Waals surface area contributed by atoms with Gasteiger partial charge in [-0.3, -0.25) is 4.72 Å². The molecule has 18 heavy (non-hydrogen) atoms. The lowest BCUT2D eigenvalue weighted by Crippen LogP contribution is -2.41. The van der Waals surface area contributed by atoms with E-state index in [1.165, 1.54) is 0 Å². The van der Waals surface area contributed by atoms with Crippen molar-refractivity contribution in [2.24, 2.45) is 0 Å². The maximum Gasteiger partial charge on any atom is 0.494 e. The van der Waals surface area contributed by atoms with E-state index in [0.717, 1.165) is 17.6 Å². The molecule has 1 aromatic carbocycles. The summed E-state index contributed by atoms with van der Waals surface area (Å²) in [7, 11) is -0.296. The van der Waals surface area contributed by atoms with Gasteiger partial charge in [0.1, 0.15) is 0 Å². The molecule has 0 aliphatic carbocycles. The van der Waals surface area contributed by atoms with Gasteiger partial charge in [-0.15, -0.1) is 0 Å². The zero-order valence-electron chi connectivity index (χ0n) is 11.4. The first-order chi connectivity index (χ1) is 8.36. The van der Waals surface area contributed by atoms with Crippen molar-refractivity contribution in [3.8, 4) is 0 Å². The normalized spacial score (nSPS) is 21.3. The van der Waals surface area contributed by atoms with E-state index in [-0.39, 0.29) is 18.3 Å². The molecule has 1 fully saturated rings. The van der Waals surface area contributed by atoms with Crippen LogP contribution in [0, 0.1) is 0 Å². The van der Waals surface area contributed by atoms with Crippen LogP contribution in [0.5, 0.6) is 0 Å². The summed E-state index contributed by atoms with van der Waals surface area (Å²) >= 11 is 4.02. The van der Waals surface area contributed by atoms with Crippen LogP contribution >= 0.6 is 12.8 Å². The average Bonchev–Trinajstić information content (AvgIpc) is 2.49. The second kappa shape index (κ2) is 4.89. The van der Waals surface area contributed by atoms with E-state index in [2.05, 4.69) is 57.4 Å². The van der Waals surface area contributed by atoms with Crippen LogP contribution < -0.4 is 10.2 Å². The molecule has 0 aromatic heterocycles. The third-order valence-electron chi connectivity index (χ3n) is 3.76. The summed E-state index contributed by atoms with van der Waals surface area (Å²) < 4.78 is 14.9. The van der Waals surface area contributed by atoms with Crippen molar-refractivity contribution in [1.82, 2.24) is 4.72 Å². The lowest BCUT2D eigenvalue weighted by atomic mass is 9.78. The highest BCUT2D eigenvalue weighted by atomic mass is 32.1. The zero-order valence-corrected chi connectivity index (χ0v) is 12.3. The number of nitrogens with one attached hydrogen (secondary N) is 1. The predicted octanol–water partition coefficient (Wildman–Crippen LogP) is 1.92.